The molecule has 4 nitrogen and oxygen atoms in total. The number of morpholine rings is 1. The number of hydrogen-bond donors (Lipinski definition) is 1. The third-order valence-corrected chi connectivity index (χ3v) is 10.0. The van der Waals surface area contributed by atoms with E-state index in [1.54, 1.807) is 0 Å². The number of benzene rings is 6. The molecule has 0 saturated carbocycles. The van der Waals surface area contributed by atoms with Gasteiger partial charge in [0.15, 0.2) is 6.10 Å². The highest BCUT2D eigenvalue weighted by Gasteiger charge is 2.38. The van der Waals surface area contributed by atoms with Gasteiger partial charge in [-0.2, -0.15) is 0 Å². The minimum absolute atomic E-state index is 0.485. The van der Waals surface area contributed by atoms with E-state index in [9.17, 15) is 5.11 Å². The average Bonchev–Trinajstić information content (AvgIpc) is 3.09. The fourth-order valence-corrected chi connectivity index (χ4v) is 7.84. The van der Waals surface area contributed by atoms with Gasteiger partial charge < -0.3 is 18.8 Å². The molecule has 1 aliphatic heterocycles. The SMILES string of the molecule is OC(C[N+]1(Cc2ccc3ccccc3c2)CCOCC1)C[N+](Cc1ccccc1)(Cc1ccccc1)Cc1ccc2ccccc2c1. The molecule has 0 amide bonds. The molecule has 0 spiro atoms. The number of aliphatic hydroxyl groups excluding tert-OH is 1. The summed E-state index contributed by atoms with van der Waals surface area (Å²) in [7, 11) is 0. The summed E-state index contributed by atoms with van der Waals surface area (Å²) in [6.07, 6.45) is -0.485. The number of ether oxygens (including phenoxy) is 1. The first-order chi connectivity index (χ1) is 23.1. The van der Waals surface area contributed by atoms with Crippen LogP contribution in [0.2, 0.25) is 0 Å². The third-order valence-electron chi connectivity index (χ3n) is 10.0. The molecule has 0 aromatic heterocycles. The van der Waals surface area contributed by atoms with Crippen LogP contribution in [0, 0.1) is 0 Å². The lowest BCUT2D eigenvalue weighted by atomic mass is 10.0. The molecule has 4 heteroatoms. The summed E-state index contributed by atoms with van der Waals surface area (Å²) in [6.45, 7) is 8.05. The summed E-state index contributed by atoms with van der Waals surface area (Å²) in [6, 6.07) is 52.6. The fourth-order valence-electron chi connectivity index (χ4n) is 7.84. The van der Waals surface area contributed by atoms with E-state index in [4.69, 9.17) is 4.74 Å². The highest BCUT2D eigenvalue weighted by molar-refractivity contribution is 5.83. The highest BCUT2D eigenvalue weighted by atomic mass is 16.5. The van der Waals surface area contributed by atoms with Crippen LogP contribution in [0.5, 0.6) is 0 Å². The molecule has 0 bridgehead atoms. The summed E-state index contributed by atoms with van der Waals surface area (Å²) in [5, 5.41) is 17.3. The molecule has 0 aliphatic carbocycles. The van der Waals surface area contributed by atoms with Crippen LogP contribution in [0.4, 0.5) is 0 Å². The maximum atomic E-state index is 12.3. The van der Waals surface area contributed by atoms with Gasteiger partial charge in [-0.3, -0.25) is 0 Å². The first-order valence-electron chi connectivity index (χ1n) is 17.0. The Kier molecular flexibility index (Phi) is 9.46. The molecule has 6 aromatic carbocycles. The van der Waals surface area contributed by atoms with Gasteiger partial charge >= 0.3 is 0 Å². The zero-order valence-electron chi connectivity index (χ0n) is 27.3. The van der Waals surface area contributed by atoms with Crippen molar-refractivity contribution in [3.05, 3.63) is 168 Å². The van der Waals surface area contributed by atoms with Gasteiger partial charge in [-0.25, -0.2) is 0 Å². The Labute approximate surface area is 279 Å². The largest absolute Gasteiger partial charge is 0.382 e. The molecule has 1 unspecified atom stereocenters. The van der Waals surface area contributed by atoms with Crippen molar-refractivity contribution in [2.24, 2.45) is 0 Å². The van der Waals surface area contributed by atoms with Crippen molar-refractivity contribution in [3.8, 4) is 0 Å². The molecule has 1 fully saturated rings. The highest BCUT2D eigenvalue weighted by Crippen LogP contribution is 2.29. The van der Waals surface area contributed by atoms with Gasteiger partial charge in [-0.15, -0.1) is 0 Å². The number of rotatable bonds is 12. The molecule has 1 aliphatic rings. The Hall–Kier alpha value is -4.32. The van der Waals surface area contributed by atoms with E-state index in [0.717, 1.165) is 61.4 Å². The summed E-state index contributed by atoms with van der Waals surface area (Å²) in [5.74, 6) is 0. The van der Waals surface area contributed by atoms with Crippen molar-refractivity contribution in [2.45, 2.75) is 32.3 Å². The van der Waals surface area contributed by atoms with E-state index < -0.39 is 6.10 Å². The molecule has 47 heavy (non-hydrogen) atoms. The van der Waals surface area contributed by atoms with Crippen molar-refractivity contribution in [1.82, 2.24) is 0 Å². The molecule has 0 radical (unpaired) electrons. The average molecular weight is 623 g/mol. The Balaban J connectivity index is 1.22. The Bertz CT molecular complexity index is 1860. The zero-order chi connectivity index (χ0) is 31.9. The van der Waals surface area contributed by atoms with Crippen molar-refractivity contribution in [1.29, 1.82) is 0 Å². The van der Waals surface area contributed by atoms with Gasteiger partial charge in [-0.05, 0) is 33.7 Å². The van der Waals surface area contributed by atoms with Crippen molar-refractivity contribution < 1.29 is 18.8 Å². The lowest BCUT2D eigenvalue weighted by Gasteiger charge is -2.45. The topological polar surface area (TPSA) is 29.5 Å². The fraction of sp³-hybridized carbons (Fsp3) is 0.256. The van der Waals surface area contributed by atoms with Crippen LogP contribution in [-0.2, 0) is 30.9 Å². The smallest absolute Gasteiger partial charge is 0.152 e. The van der Waals surface area contributed by atoms with Crippen LogP contribution in [0.15, 0.2) is 146 Å². The molecule has 6 aromatic rings. The van der Waals surface area contributed by atoms with Crippen LogP contribution in [-0.4, -0.2) is 59.6 Å². The summed E-state index contributed by atoms with van der Waals surface area (Å²) in [5.41, 5.74) is 5.21. The molecule has 7 rings (SSSR count). The summed E-state index contributed by atoms with van der Waals surface area (Å²) >= 11 is 0. The van der Waals surface area contributed by atoms with Gasteiger partial charge in [0.05, 0.1) is 13.2 Å². The number of fused-ring (bicyclic) bond motifs is 2. The van der Waals surface area contributed by atoms with Crippen LogP contribution >= 0.6 is 0 Å². The molecule has 1 saturated heterocycles. The first kappa shape index (κ1) is 31.3. The van der Waals surface area contributed by atoms with Gasteiger partial charge in [0, 0.05) is 22.3 Å². The predicted molar refractivity (Wildman–Crippen MR) is 192 cm³/mol. The Morgan fingerprint density at radius 2 is 1.00 bits per heavy atom. The van der Waals surface area contributed by atoms with Crippen LogP contribution in [0.25, 0.3) is 21.5 Å². The van der Waals surface area contributed by atoms with E-state index in [2.05, 4.69) is 146 Å². The molecule has 1 N–H and O–H groups in total. The van der Waals surface area contributed by atoms with Gasteiger partial charge in [0.2, 0.25) is 0 Å². The summed E-state index contributed by atoms with van der Waals surface area (Å²) < 4.78 is 7.46. The van der Waals surface area contributed by atoms with Crippen molar-refractivity contribution in [2.75, 3.05) is 39.4 Å². The van der Waals surface area contributed by atoms with Crippen molar-refractivity contribution in [3.63, 3.8) is 0 Å². The second kappa shape index (κ2) is 14.2. The van der Waals surface area contributed by atoms with Crippen molar-refractivity contribution >= 4 is 21.5 Å². The molecular weight excluding hydrogens is 576 g/mol. The van der Waals surface area contributed by atoms with E-state index in [-0.39, 0.29) is 0 Å². The van der Waals surface area contributed by atoms with Gasteiger partial charge in [0.25, 0.3) is 0 Å². The lowest BCUT2D eigenvalue weighted by Crippen LogP contribution is -2.60. The predicted octanol–water partition coefficient (Wildman–Crippen LogP) is 8.12. The van der Waals surface area contributed by atoms with Crippen LogP contribution < -0.4 is 0 Å². The minimum Gasteiger partial charge on any atom is -0.382 e. The minimum atomic E-state index is -0.485. The molecule has 1 heterocycles. The molecule has 1 atom stereocenters. The zero-order valence-corrected chi connectivity index (χ0v) is 27.3. The maximum Gasteiger partial charge on any atom is 0.152 e. The van der Waals surface area contributed by atoms with E-state index in [1.807, 2.05) is 0 Å². The van der Waals surface area contributed by atoms with Crippen LogP contribution in [0.3, 0.4) is 0 Å². The lowest BCUT2D eigenvalue weighted by molar-refractivity contribution is -0.980. The second-order valence-electron chi connectivity index (χ2n) is 13.7. The number of aliphatic hydroxyl groups is 1. The third kappa shape index (κ3) is 7.81. The molecular formula is C43H46N2O2+2. The number of quaternary nitrogens is 2. The van der Waals surface area contributed by atoms with Gasteiger partial charge in [0.1, 0.15) is 52.4 Å². The van der Waals surface area contributed by atoms with Crippen LogP contribution in [0.1, 0.15) is 22.3 Å². The normalized spacial score (nSPS) is 15.5. The molecule has 238 valence electrons. The number of hydrogen-bond acceptors (Lipinski definition) is 2. The first-order valence-corrected chi connectivity index (χ1v) is 17.0. The monoisotopic (exact) mass is 622 g/mol. The summed E-state index contributed by atoms with van der Waals surface area (Å²) in [4.78, 5) is 0. The van der Waals surface area contributed by atoms with E-state index in [0.29, 0.717) is 13.1 Å². The number of nitrogens with zero attached hydrogens (tertiary/aromatic N) is 2. The van der Waals surface area contributed by atoms with E-state index in [1.165, 1.54) is 43.8 Å². The maximum absolute atomic E-state index is 12.3. The second-order valence-corrected chi connectivity index (χ2v) is 13.7. The Morgan fingerprint density at radius 3 is 1.57 bits per heavy atom. The standard InChI is InChI=1S/C43H46N2O2/c46-43(33-44(23-25-47-26-24-44)31-37-19-21-39-15-7-9-17-41(39)27-37)34-45(29-35-11-3-1-4-12-35,30-36-13-5-2-6-14-36)32-38-20-22-40-16-8-10-18-42(40)28-38/h1-22,27-28,43,46H,23-26,29-34H2/q+2. The Morgan fingerprint density at radius 1 is 0.532 bits per heavy atom. The van der Waals surface area contributed by atoms with E-state index >= 15 is 0 Å². The van der Waals surface area contributed by atoms with Gasteiger partial charge in [-0.1, -0.05) is 133 Å². The quantitative estimate of drug-likeness (QED) is 0.140.